The van der Waals surface area contributed by atoms with E-state index in [1.165, 1.54) is 18.9 Å². The minimum Gasteiger partial charge on any atom is -0.469 e. The normalized spacial score (nSPS) is 15.3. The molecule has 1 aliphatic carbocycles. The van der Waals surface area contributed by atoms with E-state index in [0.29, 0.717) is 22.5 Å². The lowest BCUT2D eigenvalue weighted by Crippen LogP contribution is -2.18. The molecule has 5 nitrogen and oxygen atoms in total. The summed E-state index contributed by atoms with van der Waals surface area (Å²) in [5.74, 6) is 0.782. The number of hydrogen-bond donors (Lipinski definition) is 1. The monoisotopic (exact) mass is 589 g/mol. The van der Waals surface area contributed by atoms with Gasteiger partial charge in [0.25, 0.3) is 0 Å². The number of aryl methyl sites for hydroxylation is 1. The number of aliphatic hydroxyl groups is 1. The van der Waals surface area contributed by atoms with E-state index in [1.807, 2.05) is 62.0 Å². The van der Waals surface area contributed by atoms with Crippen molar-refractivity contribution in [2.45, 2.75) is 56.8 Å². The van der Waals surface area contributed by atoms with Crippen LogP contribution in [0.25, 0.3) is 23.3 Å². The molecule has 2 aromatic carbocycles. The third-order valence-electron chi connectivity index (χ3n) is 7.77. The molecule has 1 saturated carbocycles. The second-order valence-corrected chi connectivity index (χ2v) is 13.1. The predicted molar refractivity (Wildman–Crippen MR) is 168 cm³/mol. The number of esters is 1. The van der Waals surface area contributed by atoms with E-state index in [-0.39, 0.29) is 16.6 Å². The third-order valence-corrected chi connectivity index (χ3v) is 9.73. The number of nitrogens with zero attached hydrogens (tertiary/aromatic N) is 1. The highest BCUT2D eigenvalue weighted by atomic mass is 35.5. The number of benzene rings is 2. The molecule has 0 amide bonds. The van der Waals surface area contributed by atoms with Gasteiger partial charge in [-0.2, -0.15) is 11.8 Å². The van der Waals surface area contributed by atoms with Crippen LogP contribution in [0.2, 0.25) is 5.02 Å². The number of fused-ring (bicyclic) bond motifs is 1. The number of hydrogen-bond acceptors (Lipinski definition) is 6. The Morgan fingerprint density at radius 1 is 1.17 bits per heavy atom. The molecule has 1 N–H and O–H groups in total. The molecule has 4 aromatic rings. The zero-order valence-electron chi connectivity index (χ0n) is 23.7. The second kappa shape index (κ2) is 12.4. The van der Waals surface area contributed by atoms with Gasteiger partial charge in [-0.25, -0.2) is 4.98 Å². The van der Waals surface area contributed by atoms with Crippen LogP contribution in [-0.4, -0.2) is 28.9 Å². The Labute approximate surface area is 251 Å². The lowest BCUT2D eigenvalue weighted by molar-refractivity contribution is -0.141. The zero-order valence-corrected chi connectivity index (χ0v) is 25.3. The van der Waals surface area contributed by atoms with E-state index in [4.69, 9.17) is 20.8 Å². The number of methoxy groups -OCH3 is 1. The molecule has 1 atom stereocenters. The van der Waals surface area contributed by atoms with Crippen LogP contribution in [0, 0.1) is 5.41 Å². The summed E-state index contributed by atoms with van der Waals surface area (Å²) in [6.45, 7) is 3.68. The van der Waals surface area contributed by atoms with Gasteiger partial charge in [-0.1, -0.05) is 66.2 Å². The topological polar surface area (TPSA) is 72.6 Å². The number of furan rings is 1. The van der Waals surface area contributed by atoms with Crippen LogP contribution in [0.3, 0.4) is 0 Å². The number of thioether (sulfide) groups is 1. The van der Waals surface area contributed by atoms with Gasteiger partial charge in [0.1, 0.15) is 16.8 Å². The number of halogens is 1. The van der Waals surface area contributed by atoms with Gasteiger partial charge < -0.3 is 14.3 Å². The summed E-state index contributed by atoms with van der Waals surface area (Å²) in [5.41, 5.74) is 5.72. The molecule has 214 valence electrons. The van der Waals surface area contributed by atoms with E-state index in [9.17, 15) is 9.90 Å². The van der Waals surface area contributed by atoms with Crippen LogP contribution in [0.4, 0.5) is 0 Å². The first kappa shape index (κ1) is 29.4. The minimum atomic E-state index is -0.903. The van der Waals surface area contributed by atoms with Crippen molar-refractivity contribution in [1.82, 2.24) is 4.98 Å². The molecule has 1 fully saturated rings. The highest BCUT2D eigenvalue weighted by Gasteiger charge is 2.45. The maximum Gasteiger partial charge on any atom is 0.306 e. The SMILES string of the molecule is COC(=O)CC1(CS[C@H](CCc2ccccc2C(C)(C)O)c2cccc(C=Cc3ccc4occ(Cl)c4n3)c2)CC1. The molecule has 41 heavy (non-hydrogen) atoms. The van der Waals surface area contributed by atoms with E-state index in [2.05, 4.69) is 41.4 Å². The lowest BCUT2D eigenvalue weighted by Gasteiger charge is -2.24. The standard InChI is InChI=1S/C34H36ClNO4S/c1-33(2,38)27-10-5-4-8-24(27)12-16-30(41-22-34(17-18-34)20-31(37)39-3)25-9-6-7-23(19-25)11-13-26-14-15-29-32(36-26)28(35)21-40-29/h4-11,13-15,19,21,30,38H,12,16-18,20,22H2,1-3H3/t30-/m1/s1. The largest absolute Gasteiger partial charge is 0.469 e. The molecule has 0 spiro atoms. The van der Waals surface area contributed by atoms with Crippen molar-refractivity contribution in [2.75, 3.05) is 12.9 Å². The van der Waals surface area contributed by atoms with Gasteiger partial charge in [0.05, 0.1) is 24.8 Å². The molecule has 2 aromatic heterocycles. The van der Waals surface area contributed by atoms with Crippen molar-refractivity contribution in [3.63, 3.8) is 0 Å². The molecular weight excluding hydrogens is 554 g/mol. The first-order chi connectivity index (χ1) is 19.7. The molecule has 0 bridgehead atoms. The fraction of sp³-hybridized carbons (Fsp3) is 0.353. The highest BCUT2D eigenvalue weighted by Crippen LogP contribution is 2.53. The third kappa shape index (κ3) is 7.42. The highest BCUT2D eigenvalue weighted by molar-refractivity contribution is 7.99. The Bertz CT molecular complexity index is 1550. The van der Waals surface area contributed by atoms with Crippen molar-refractivity contribution >= 4 is 52.6 Å². The molecular formula is C34H36ClNO4S. The molecule has 7 heteroatoms. The summed E-state index contributed by atoms with van der Waals surface area (Å²) in [7, 11) is 1.46. The van der Waals surface area contributed by atoms with E-state index in [1.54, 1.807) is 0 Å². The predicted octanol–water partition coefficient (Wildman–Crippen LogP) is 8.63. The van der Waals surface area contributed by atoms with Crippen molar-refractivity contribution in [3.8, 4) is 0 Å². The van der Waals surface area contributed by atoms with Crippen LogP contribution < -0.4 is 0 Å². The van der Waals surface area contributed by atoms with Gasteiger partial charge >= 0.3 is 5.97 Å². The summed E-state index contributed by atoms with van der Waals surface area (Å²) in [6.07, 6.45) is 9.91. The van der Waals surface area contributed by atoms with Crippen LogP contribution in [0.1, 0.15) is 72.7 Å². The summed E-state index contributed by atoms with van der Waals surface area (Å²) >= 11 is 8.13. The number of rotatable bonds is 12. The number of ether oxygens (including phenoxy) is 1. The molecule has 2 heterocycles. The Hall–Kier alpha value is -3.06. The summed E-state index contributed by atoms with van der Waals surface area (Å²) in [5, 5.41) is 11.5. The van der Waals surface area contributed by atoms with Crippen LogP contribution in [0.15, 0.2) is 71.3 Å². The fourth-order valence-corrected chi connectivity index (χ4v) is 6.96. The Balaban J connectivity index is 1.37. The number of carbonyl (C=O) groups excluding carboxylic acids is 1. The van der Waals surface area contributed by atoms with Gasteiger partial charge in [-0.15, -0.1) is 0 Å². The smallest absolute Gasteiger partial charge is 0.306 e. The number of aromatic nitrogens is 1. The zero-order chi connectivity index (χ0) is 29.0. The van der Waals surface area contributed by atoms with Crippen molar-refractivity contribution in [3.05, 3.63) is 99.9 Å². The van der Waals surface area contributed by atoms with Gasteiger partial charge in [-0.05, 0) is 85.4 Å². The van der Waals surface area contributed by atoms with Gasteiger partial charge in [0, 0.05) is 11.0 Å². The Morgan fingerprint density at radius 2 is 1.98 bits per heavy atom. The fourth-order valence-electron chi connectivity index (χ4n) is 5.21. The van der Waals surface area contributed by atoms with Gasteiger partial charge in [0.15, 0.2) is 5.58 Å². The van der Waals surface area contributed by atoms with E-state index >= 15 is 0 Å². The maximum atomic E-state index is 12.1. The second-order valence-electron chi connectivity index (χ2n) is 11.5. The minimum absolute atomic E-state index is 0.0389. The summed E-state index contributed by atoms with van der Waals surface area (Å²) in [6, 6.07) is 20.6. The number of carbonyl (C=O) groups is 1. The molecule has 0 radical (unpaired) electrons. The van der Waals surface area contributed by atoms with E-state index in [0.717, 1.165) is 53.8 Å². The first-order valence-corrected chi connectivity index (χ1v) is 15.4. The molecule has 0 aliphatic heterocycles. The first-order valence-electron chi connectivity index (χ1n) is 14.0. The quantitative estimate of drug-likeness (QED) is 0.167. The average molecular weight is 590 g/mol. The van der Waals surface area contributed by atoms with Crippen molar-refractivity contribution in [2.24, 2.45) is 5.41 Å². The summed E-state index contributed by atoms with van der Waals surface area (Å²) < 4.78 is 10.4. The molecule has 0 unspecified atom stereocenters. The van der Waals surface area contributed by atoms with Crippen molar-refractivity contribution in [1.29, 1.82) is 0 Å². The van der Waals surface area contributed by atoms with Gasteiger partial charge in [0.2, 0.25) is 0 Å². The number of pyridine rings is 1. The van der Waals surface area contributed by atoms with E-state index < -0.39 is 5.60 Å². The Morgan fingerprint density at radius 3 is 2.73 bits per heavy atom. The van der Waals surface area contributed by atoms with Crippen molar-refractivity contribution < 1.29 is 19.1 Å². The average Bonchev–Trinajstić information content (AvgIpc) is 3.63. The Kier molecular flexibility index (Phi) is 8.93. The summed E-state index contributed by atoms with van der Waals surface area (Å²) in [4.78, 5) is 16.7. The molecule has 1 aliphatic rings. The molecule has 5 rings (SSSR count). The van der Waals surface area contributed by atoms with Gasteiger partial charge in [-0.3, -0.25) is 4.79 Å². The molecule has 0 saturated heterocycles. The van der Waals surface area contributed by atoms with Crippen LogP contribution in [0.5, 0.6) is 0 Å². The lowest BCUT2D eigenvalue weighted by atomic mass is 9.90. The van der Waals surface area contributed by atoms with Crippen LogP contribution >= 0.6 is 23.4 Å². The van der Waals surface area contributed by atoms with Crippen LogP contribution in [-0.2, 0) is 21.6 Å². The maximum absolute atomic E-state index is 12.1.